The summed E-state index contributed by atoms with van der Waals surface area (Å²) in [5.41, 5.74) is 0. The summed E-state index contributed by atoms with van der Waals surface area (Å²) >= 11 is 0. The van der Waals surface area contributed by atoms with Crippen LogP contribution in [0, 0.1) is 6.42 Å². The Balaban J connectivity index is 2.26. The molecule has 1 fully saturated rings. The van der Waals surface area contributed by atoms with Gasteiger partial charge in [0.1, 0.15) is 4.90 Å². The van der Waals surface area contributed by atoms with Gasteiger partial charge in [0.05, 0.1) is 0 Å². The number of aromatic nitrogens is 1. The molecule has 0 saturated carbocycles. The van der Waals surface area contributed by atoms with Crippen molar-refractivity contribution in [2.24, 2.45) is 0 Å². The molecule has 0 amide bonds. The fourth-order valence-corrected chi connectivity index (χ4v) is 3.05. The fourth-order valence-electron chi connectivity index (χ4n) is 1.62. The third kappa shape index (κ3) is 2.18. The summed E-state index contributed by atoms with van der Waals surface area (Å²) in [6.45, 7) is 1.16. The van der Waals surface area contributed by atoms with Crippen LogP contribution in [0.4, 0.5) is 0 Å². The predicted molar refractivity (Wildman–Crippen MR) is 56.5 cm³/mol. The summed E-state index contributed by atoms with van der Waals surface area (Å²) in [6.07, 6.45) is 6.75. The topological polar surface area (TPSA) is 50.3 Å². The monoisotopic (exact) mass is 225 g/mol. The van der Waals surface area contributed by atoms with E-state index < -0.39 is 10.0 Å². The average molecular weight is 225 g/mol. The van der Waals surface area contributed by atoms with Gasteiger partial charge >= 0.3 is 0 Å². The van der Waals surface area contributed by atoms with E-state index in [1.807, 2.05) is 0 Å². The maximum Gasteiger partial charge on any atom is 0.244 e. The summed E-state index contributed by atoms with van der Waals surface area (Å²) in [6, 6.07) is 3.23. The van der Waals surface area contributed by atoms with Gasteiger partial charge in [-0.15, -0.1) is 0 Å². The quantitative estimate of drug-likeness (QED) is 0.756. The number of sulfonamides is 1. The molecule has 4 nitrogen and oxygen atoms in total. The van der Waals surface area contributed by atoms with Crippen molar-refractivity contribution in [2.45, 2.75) is 17.7 Å². The number of hydrogen-bond acceptors (Lipinski definition) is 3. The van der Waals surface area contributed by atoms with E-state index in [9.17, 15) is 8.42 Å². The van der Waals surface area contributed by atoms with Crippen LogP contribution in [0.3, 0.4) is 0 Å². The first kappa shape index (κ1) is 10.6. The van der Waals surface area contributed by atoms with Crippen LogP contribution in [0.25, 0.3) is 0 Å². The molecular formula is C10H13N2O2S. The Bertz CT molecular complexity index is 410. The molecule has 1 aromatic heterocycles. The van der Waals surface area contributed by atoms with Gasteiger partial charge in [0.25, 0.3) is 0 Å². The Hall–Kier alpha value is -0.940. The normalized spacial score (nSPS) is 18.9. The number of pyridine rings is 1. The first-order valence-electron chi connectivity index (χ1n) is 4.93. The molecule has 1 saturated heterocycles. The third-order valence-electron chi connectivity index (χ3n) is 2.44. The summed E-state index contributed by atoms with van der Waals surface area (Å²) in [4.78, 5) is 4.12. The first-order valence-corrected chi connectivity index (χ1v) is 6.37. The van der Waals surface area contributed by atoms with Crippen LogP contribution in [0.1, 0.15) is 12.8 Å². The molecule has 1 radical (unpaired) electrons. The molecule has 0 aliphatic carbocycles. The molecule has 0 aromatic carbocycles. The molecule has 1 aliphatic heterocycles. The third-order valence-corrected chi connectivity index (χ3v) is 4.32. The minimum absolute atomic E-state index is 0.284. The number of piperidine rings is 1. The second-order valence-corrected chi connectivity index (χ2v) is 5.40. The summed E-state index contributed by atoms with van der Waals surface area (Å²) < 4.78 is 25.6. The van der Waals surface area contributed by atoms with Gasteiger partial charge in [0.2, 0.25) is 10.0 Å². The molecule has 0 unspecified atom stereocenters. The maximum absolute atomic E-state index is 12.1. The number of hydrogen-bond donors (Lipinski definition) is 0. The van der Waals surface area contributed by atoms with E-state index in [2.05, 4.69) is 11.4 Å². The molecule has 1 aromatic rings. The number of rotatable bonds is 2. The van der Waals surface area contributed by atoms with Gasteiger partial charge in [0, 0.05) is 25.5 Å². The van der Waals surface area contributed by atoms with Gasteiger partial charge in [0.15, 0.2) is 0 Å². The Morgan fingerprint density at radius 3 is 2.60 bits per heavy atom. The van der Waals surface area contributed by atoms with Gasteiger partial charge in [-0.3, -0.25) is 4.98 Å². The molecule has 0 atom stereocenters. The van der Waals surface area contributed by atoms with E-state index in [1.54, 1.807) is 18.3 Å². The van der Waals surface area contributed by atoms with Gasteiger partial charge < -0.3 is 0 Å². The summed E-state index contributed by atoms with van der Waals surface area (Å²) in [5, 5.41) is 0. The maximum atomic E-state index is 12.1. The zero-order valence-corrected chi connectivity index (χ0v) is 9.15. The smallest absolute Gasteiger partial charge is 0.244 e. The Kier molecular flexibility index (Phi) is 3.02. The second kappa shape index (κ2) is 4.28. The van der Waals surface area contributed by atoms with E-state index in [-0.39, 0.29) is 4.90 Å². The van der Waals surface area contributed by atoms with Crippen LogP contribution in [0.2, 0.25) is 0 Å². The Morgan fingerprint density at radius 2 is 2.00 bits per heavy atom. The Labute approximate surface area is 90.0 Å². The highest BCUT2D eigenvalue weighted by molar-refractivity contribution is 7.89. The van der Waals surface area contributed by atoms with Crippen LogP contribution >= 0.6 is 0 Å². The molecule has 0 N–H and O–H groups in total. The molecule has 2 rings (SSSR count). The highest BCUT2D eigenvalue weighted by atomic mass is 32.2. The lowest BCUT2D eigenvalue weighted by molar-refractivity contribution is 0.384. The number of nitrogens with zero attached hydrogens (tertiary/aromatic N) is 2. The van der Waals surface area contributed by atoms with Crippen molar-refractivity contribution < 1.29 is 8.42 Å². The van der Waals surface area contributed by atoms with E-state index >= 15 is 0 Å². The average Bonchev–Trinajstić information content (AvgIpc) is 2.31. The molecule has 2 heterocycles. The summed E-state index contributed by atoms with van der Waals surface area (Å²) in [7, 11) is -3.31. The highest BCUT2D eigenvalue weighted by Crippen LogP contribution is 2.18. The lowest BCUT2D eigenvalue weighted by atomic mass is 10.2. The standard InChI is InChI=1S/C10H13N2O2S/c13-15(14,10-5-4-6-11-9-10)12-7-2-1-3-8-12/h1,4-6,9H,2-3,7-8H2. The fraction of sp³-hybridized carbons (Fsp3) is 0.400. The summed E-state index contributed by atoms with van der Waals surface area (Å²) in [5.74, 6) is 0. The van der Waals surface area contributed by atoms with Crippen molar-refractivity contribution in [1.82, 2.24) is 9.29 Å². The van der Waals surface area contributed by atoms with Crippen molar-refractivity contribution >= 4 is 10.0 Å². The zero-order chi connectivity index (χ0) is 10.7. The van der Waals surface area contributed by atoms with Crippen molar-refractivity contribution in [3.05, 3.63) is 30.9 Å². The molecule has 0 bridgehead atoms. The molecular weight excluding hydrogens is 212 g/mol. The van der Waals surface area contributed by atoms with E-state index in [0.29, 0.717) is 13.1 Å². The van der Waals surface area contributed by atoms with Crippen molar-refractivity contribution in [1.29, 1.82) is 0 Å². The first-order chi connectivity index (χ1) is 7.21. The van der Waals surface area contributed by atoms with E-state index in [1.165, 1.54) is 10.5 Å². The van der Waals surface area contributed by atoms with Crippen LogP contribution in [-0.2, 0) is 10.0 Å². The minimum Gasteiger partial charge on any atom is -0.263 e. The molecule has 15 heavy (non-hydrogen) atoms. The zero-order valence-electron chi connectivity index (χ0n) is 8.33. The van der Waals surface area contributed by atoms with Crippen molar-refractivity contribution in [3.8, 4) is 0 Å². The van der Waals surface area contributed by atoms with Gasteiger partial charge in [-0.2, -0.15) is 4.31 Å². The van der Waals surface area contributed by atoms with Crippen LogP contribution < -0.4 is 0 Å². The molecule has 5 heteroatoms. The van der Waals surface area contributed by atoms with Gasteiger partial charge in [-0.05, 0) is 31.4 Å². The Morgan fingerprint density at radius 1 is 1.27 bits per heavy atom. The van der Waals surface area contributed by atoms with Crippen LogP contribution in [0.5, 0.6) is 0 Å². The SMILES string of the molecule is O=S(=O)(c1cccnc1)N1CC[CH]CC1. The molecule has 81 valence electrons. The second-order valence-electron chi connectivity index (χ2n) is 3.46. The van der Waals surface area contributed by atoms with E-state index in [4.69, 9.17) is 0 Å². The molecule has 1 aliphatic rings. The highest BCUT2D eigenvalue weighted by Gasteiger charge is 2.25. The van der Waals surface area contributed by atoms with E-state index in [0.717, 1.165) is 12.8 Å². The minimum atomic E-state index is -3.31. The van der Waals surface area contributed by atoms with Crippen LogP contribution in [0.15, 0.2) is 29.4 Å². The molecule has 0 spiro atoms. The lowest BCUT2D eigenvalue weighted by Crippen LogP contribution is -2.35. The predicted octanol–water partition coefficient (Wildman–Crippen LogP) is 1.07. The largest absolute Gasteiger partial charge is 0.263 e. The lowest BCUT2D eigenvalue weighted by Gasteiger charge is -2.25. The van der Waals surface area contributed by atoms with Crippen molar-refractivity contribution in [3.63, 3.8) is 0 Å². The van der Waals surface area contributed by atoms with Crippen LogP contribution in [-0.4, -0.2) is 30.8 Å². The van der Waals surface area contributed by atoms with Gasteiger partial charge in [-0.1, -0.05) is 0 Å². The van der Waals surface area contributed by atoms with Crippen molar-refractivity contribution in [2.75, 3.05) is 13.1 Å². The van der Waals surface area contributed by atoms with Gasteiger partial charge in [-0.25, -0.2) is 8.42 Å².